The van der Waals surface area contributed by atoms with Gasteiger partial charge in [0.15, 0.2) is 0 Å². The fraction of sp³-hybridized carbons (Fsp3) is 0.308. The van der Waals surface area contributed by atoms with Crippen LogP contribution in [-0.4, -0.2) is 12.5 Å². The van der Waals surface area contributed by atoms with Crippen molar-refractivity contribution >= 4 is 5.91 Å². The zero-order valence-electron chi connectivity index (χ0n) is 9.73. The molecule has 1 amide bonds. The van der Waals surface area contributed by atoms with E-state index in [0.717, 1.165) is 11.1 Å². The summed E-state index contributed by atoms with van der Waals surface area (Å²) in [6.45, 7) is 4.22. The summed E-state index contributed by atoms with van der Waals surface area (Å²) >= 11 is 0. The lowest BCUT2D eigenvalue weighted by Crippen LogP contribution is -2.30. The highest BCUT2D eigenvalue weighted by Crippen LogP contribution is 2.07. The van der Waals surface area contributed by atoms with Crippen LogP contribution >= 0.6 is 0 Å². The van der Waals surface area contributed by atoms with Crippen LogP contribution < -0.4 is 11.1 Å². The van der Waals surface area contributed by atoms with Crippen LogP contribution in [-0.2, 0) is 4.79 Å². The van der Waals surface area contributed by atoms with Gasteiger partial charge in [-0.2, -0.15) is 0 Å². The molecule has 0 fully saturated rings. The van der Waals surface area contributed by atoms with E-state index in [-0.39, 0.29) is 11.9 Å². The van der Waals surface area contributed by atoms with Crippen molar-refractivity contribution in [3.63, 3.8) is 0 Å². The Morgan fingerprint density at radius 3 is 2.56 bits per heavy atom. The largest absolute Gasteiger partial charge is 0.351 e. The molecule has 1 atom stereocenters. The Morgan fingerprint density at radius 1 is 1.38 bits per heavy atom. The van der Waals surface area contributed by atoms with Crippen LogP contribution in [0.2, 0.25) is 0 Å². The Bertz CT molecular complexity index is 367. The van der Waals surface area contributed by atoms with Crippen LogP contribution in [0, 0.1) is 0 Å². The van der Waals surface area contributed by atoms with Gasteiger partial charge in [-0.05, 0) is 19.4 Å². The highest BCUT2D eigenvalue weighted by molar-refractivity contribution is 5.88. The molecule has 1 aromatic rings. The molecule has 0 radical (unpaired) electrons. The molecular weight excluding hydrogens is 200 g/mol. The summed E-state index contributed by atoms with van der Waals surface area (Å²) < 4.78 is 0. The second-order valence-corrected chi connectivity index (χ2v) is 3.98. The van der Waals surface area contributed by atoms with Crippen molar-refractivity contribution in [1.29, 1.82) is 0 Å². The number of hydrogen-bond donors (Lipinski definition) is 2. The van der Waals surface area contributed by atoms with Crippen molar-refractivity contribution in [3.8, 4) is 0 Å². The van der Waals surface area contributed by atoms with Gasteiger partial charge in [0.05, 0.1) is 0 Å². The predicted molar refractivity (Wildman–Crippen MR) is 65.8 cm³/mol. The second kappa shape index (κ2) is 6.08. The maximum Gasteiger partial charge on any atom is 0.243 e. The molecular formula is C13H18N2O. The standard InChI is InChI=1S/C13H18N2O/c1-10(2)8-13(16)15-9-12(14)11-6-4-3-5-7-11/h3-8,12H,9,14H2,1-2H3,(H,15,16). The highest BCUT2D eigenvalue weighted by atomic mass is 16.1. The number of nitrogens with one attached hydrogen (secondary N) is 1. The first kappa shape index (κ1) is 12.5. The molecule has 0 spiro atoms. The van der Waals surface area contributed by atoms with Gasteiger partial charge in [-0.15, -0.1) is 0 Å². The number of benzene rings is 1. The third kappa shape index (κ3) is 4.28. The average Bonchev–Trinajstić information content (AvgIpc) is 2.26. The predicted octanol–water partition coefficient (Wildman–Crippen LogP) is 1.77. The number of rotatable bonds is 4. The molecule has 3 nitrogen and oxygen atoms in total. The van der Waals surface area contributed by atoms with Crippen LogP contribution in [0.4, 0.5) is 0 Å². The smallest absolute Gasteiger partial charge is 0.243 e. The van der Waals surface area contributed by atoms with E-state index in [1.54, 1.807) is 6.08 Å². The van der Waals surface area contributed by atoms with E-state index in [2.05, 4.69) is 5.32 Å². The van der Waals surface area contributed by atoms with Crippen LogP contribution in [0.3, 0.4) is 0 Å². The minimum absolute atomic E-state index is 0.0913. The van der Waals surface area contributed by atoms with Gasteiger partial charge in [0, 0.05) is 18.7 Å². The molecule has 86 valence electrons. The maximum absolute atomic E-state index is 11.3. The van der Waals surface area contributed by atoms with Gasteiger partial charge in [-0.1, -0.05) is 35.9 Å². The van der Waals surface area contributed by atoms with Gasteiger partial charge in [-0.3, -0.25) is 4.79 Å². The molecule has 3 N–H and O–H groups in total. The first-order chi connectivity index (χ1) is 7.59. The van der Waals surface area contributed by atoms with Gasteiger partial charge >= 0.3 is 0 Å². The van der Waals surface area contributed by atoms with E-state index in [9.17, 15) is 4.79 Å². The lowest BCUT2D eigenvalue weighted by molar-refractivity contribution is -0.116. The van der Waals surface area contributed by atoms with Crippen LogP contribution in [0.1, 0.15) is 25.5 Å². The molecule has 0 bridgehead atoms. The fourth-order valence-electron chi connectivity index (χ4n) is 1.34. The minimum atomic E-state index is -0.157. The van der Waals surface area contributed by atoms with Crippen molar-refractivity contribution in [1.82, 2.24) is 5.32 Å². The van der Waals surface area contributed by atoms with E-state index in [0.29, 0.717) is 6.54 Å². The Balaban J connectivity index is 2.45. The Morgan fingerprint density at radius 2 is 2.00 bits per heavy atom. The third-order valence-corrected chi connectivity index (χ3v) is 2.14. The number of carbonyl (C=O) groups is 1. The summed E-state index contributed by atoms with van der Waals surface area (Å²) in [6, 6.07) is 9.57. The van der Waals surface area contributed by atoms with Gasteiger partial charge in [-0.25, -0.2) is 0 Å². The zero-order valence-corrected chi connectivity index (χ0v) is 9.73. The van der Waals surface area contributed by atoms with Crippen molar-refractivity contribution in [2.45, 2.75) is 19.9 Å². The molecule has 0 saturated heterocycles. The van der Waals surface area contributed by atoms with Crippen molar-refractivity contribution < 1.29 is 4.79 Å². The number of carbonyl (C=O) groups excluding carboxylic acids is 1. The molecule has 1 rings (SSSR count). The molecule has 0 saturated carbocycles. The zero-order chi connectivity index (χ0) is 12.0. The van der Waals surface area contributed by atoms with E-state index in [4.69, 9.17) is 5.73 Å². The summed E-state index contributed by atoms with van der Waals surface area (Å²) in [7, 11) is 0. The SMILES string of the molecule is CC(C)=CC(=O)NCC(N)c1ccccc1. The molecule has 0 aliphatic carbocycles. The van der Waals surface area contributed by atoms with Gasteiger partial charge in [0.2, 0.25) is 5.91 Å². The lowest BCUT2D eigenvalue weighted by Gasteiger charge is -2.12. The Hall–Kier alpha value is -1.61. The van der Waals surface area contributed by atoms with Gasteiger partial charge in [0.1, 0.15) is 0 Å². The molecule has 0 heterocycles. The first-order valence-electron chi connectivity index (χ1n) is 5.33. The van der Waals surface area contributed by atoms with E-state index < -0.39 is 0 Å². The van der Waals surface area contributed by atoms with Crippen LogP contribution in [0.25, 0.3) is 0 Å². The normalized spacial score (nSPS) is 11.7. The molecule has 0 aliphatic rings. The molecule has 1 unspecified atom stereocenters. The summed E-state index contributed by atoms with van der Waals surface area (Å²) in [5.74, 6) is -0.0913. The number of amides is 1. The van der Waals surface area contributed by atoms with E-state index in [1.807, 2.05) is 44.2 Å². The highest BCUT2D eigenvalue weighted by Gasteiger charge is 2.05. The summed E-state index contributed by atoms with van der Waals surface area (Å²) in [5.41, 5.74) is 7.94. The van der Waals surface area contributed by atoms with Crippen molar-refractivity contribution in [2.24, 2.45) is 5.73 Å². The van der Waals surface area contributed by atoms with Gasteiger partial charge in [0.25, 0.3) is 0 Å². The van der Waals surface area contributed by atoms with Gasteiger partial charge < -0.3 is 11.1 Å². The van der Waals surface area contributed by atoms with Crippen LogP contribution in [0.15, 0.2) is 42.0 Å². The second-order valence-electron chi connectivity index (χ2n) is 3.98. The molecule has 0 aliphatic heterocycles. The van der Waals surface area contributed by atoms with E-state index >= 15 is 0 Å². The summed E-state index contributed by atoms with van der Waals surface area (Å²) in [6.07, 6.45) is 1.57. The average molecular weight is 218 g/mol. The summed E-state index contributed by atoms with van der Waals surface area (Å²) in [5, 5.41) is 2.77. The minimum Gasteiger partial charge on any atom is -0.351 e. The van der Waals surface area contributed by atoms with E-state index in [1.165, 1.54) is 0 Å². The van der Waals surface area contributed by atoms with Crippen LogP contribution in [0.5, 0.6) is 0 Å². The number of allylic oxidation sites excluding steroid dienone is 1. The molecule has 1 aromatic carbocycles. The summed E-state index contributed by atoms with van der Waals surface area (Å²) in [4.78, 5) is 11.3. The molecule has 3 heteroatoms. The third-order valence-electron chi connectivity index (χ3n) is 2.14. The Labute approximate surface area is 96.3 Å². The maximum atomic E-state index is 11.3. The van der Waals surface area contributed by atoms with Crippen molar-refractivity contribution in [2.75, 3.05) is 6.54 Å². The number of hydrogen-bond acceptors (Lipinski definition) is 2. The molecule has 0 aromatic heterocycles. The Kier molecular flexibility index (Phi) is 4.73. The quantitative estimate of drug-likeness (QED) is 0.757. The lowest BCUT2D eigenvalue weighted by atomic mass is 10.1. The van der Waals surface area contributed by atoms with Crippen molar-refractivity contribution in [3.05, 3.63) is 47.5 Å². The fourth-order valence-corrected chi connectivity index (χ4v) is 1.34. The number of nitrogens with two attached hydrogens (primary N) is 1. The monoisotopic (exact) mass is 218 g/mol. The topological polar surface area (TPSA) is 55.1 Å². The first-order valence-corrected chi connectivity index (χ1v) is 5.33. The molecule has 16 heavy (non-hydrogen) atoms.